The normalized spacial score (nSPS) is 18.4. The van der Waals surface area contributed by atoms with Crippen LogP contribution in [0, 0.1) is 5.82 Å². The van der Waals surface area contributed by atoms with Crippen LogP contribution in [0.25, 0.3) is 22.0 Å². The third kappa shape index (κ3) is 3.67. The van der Waals surface area contributed by atoms with Crippen LogP contribution in [0.15, 0.2) is 42.6 Å². The Kier molecular flexibility index (Phi) is 4.74. The van der Waals surface area contributed by atoms with Crippen LogP contribution in [-0.2, 0) is 11.8 Å². The standard InChI is InChI=1S/C23H24FN5O2/c1-28-14-17-3-2-16(13-20(17)27-28)15-4-5-18(19(24)12-15)21(30)29-10-8-25-22(31)23(6-7-23)26-9-11-29/h2-5,12-14,26H,6-11H2,1H3,(H,25,31). The zero-order chi connectivity index (χ0) is 21.6. The third-order valence-corrected chi connectivity index (χ3v) is 6.14. The van der Waals surface area contributed by atoms with Gasteiger partial charge in [-0.25, -0.2) is 4.39 Å². The number of aromatic nitrogens is 2. The van der Waals surface area contributed by atoms with Gasteiger partial charge in [0.25, 0.3) is 5.91 Å². The summed E-state index contributed by atoms with van der Waals surface area (Å²) in [5, 5.41) is 11.5. The molecular weight excluding hydrogens is 397 g/mol. The Hall–Kier alpha value is -3.26. The number of carbonyl (C=O) groups is 2. The molecule has 160 valence electrons. The van der Waals surface area contributed by atoms with E-state index in [0.29, 0.717) is 31.7 Å². The van der Waals surface area contributed by atoms with E-state index < -0.39 is 11.4 Å². The molecule has 3 aromatic rings. The van der Waals surface area contributed by atoms with Crippen LogP contribution >= 0.6 is 0 Å². The van der Waals surface area contributed by atoms with E-state index in [1.54, 1.807) is 15.6 Å². The first kappa shape index (κ1) is 19.7. The summed E-state index contributed by atoms with van der Waals surface area (Å²) in [5.74, 6) is -0.937. The molecule has 0 unspecified atom stereocenters. The maximum atomic E-state index is 15.0. The Morgan fingerprint density at radius 2 is 1.84 bits per heavy atom. The lowest BCUT2D eigenvalue weighted by Crippen LogP contribution is -2.46. The van der Waals surface area contributed by atoms with Crippen LogP contribution in [0.2, 0.25) is 0 Å². The zero-order valence-corrected chi connectivity index (χ0v) is 17.3. The van der Waals surface area contributed by atoms with Crippen molar-refractivity contribution in [3.05, 3.63) is 54.0 Å². The highest BCUT2D eigenvalue weighted by molar-refractivity contribution is 5.95. The summed E-state index contributed by atoms with van der Waals surface area (Å²) in [7, 11) is 1.86. The first-order valence-corrected chi connectivity index (χ1v) is 10.5. The molecule has 0 bridgehead atoms. The fourth-order valence-electron chi connectivity index (χ4n) is 4.19. The molecule has 2 amide bonds. The van der Waals surface area contributed by atoms with Crippen LogP contribution in [0.5, 0.6) is 0 Å². The van der Waals surface area contributed by atoms with Crippen LogP contribution in [-0.4, -0.2) is 58.2 Å². The van der Waals surface area contributed by atoms with Gasteiger partial charge in [0.2, 0.25) is 5.91 Å². The molecule has 1 spiro atoms. The summed E-state index contributed by atoms with van der Waals surface area (Å²) >= 11 is 0. The maximum absolute atomic E-state index is 15.0. The molecule has 1 aliphatic heterocycles. The van der Waals surface area contributed by atoms with Gasteiger partial charge in [0.05, 0.1) is 16.6 Å². The van der Waals surface area contributed by atoms with Crippen molar-refractivity contribution in [1.29, 1.82) is 0 Å². The van der Waals surface area contributed by atoms with Crippen molar-refractivity contribution in [2.24, 2.45) is 7.05 Å². The lowest BCUT2D eigenvalue weighted by molar-refractivity contribution is -0.124. The zero-order valence-electron chi connectivity index (χ0n) is 17.3. The fourth-order valence-corrected chi connectivity index (χ4v) is 4.19. The van der Waals surface area contributed by atoms with Crippen molar-refractivity contribution < 1.29 is 14.0 Å². The Morgan fingerprint density at radius 1 is 1.10 bits per heavy atom. The number of nitrogens with one attached hydrogen (secondary N) is 2. The third-order valence-electron chi connectivity index (χ3n) is 6.14. The van der Waals surface area contributed by atoms with Gasteiger partial charge in [-0.15, -0.1) is 0 Å². The van der Waals surface area contributed by atoms with E-state index in [1.165, 1.54) is 12.1 Å². The number of nitrogens with zero attached hydrogens (tertiary/aromatic N) is 3. The predicted molar refractivity (Wildman–Crippen MR) is 115 cm³/mol. The van der Waals surface area contributed by atoms with Crippen molar-refractivity contribution >= 4 is 22.7 Å². The maximum Gasteiger partial charge on any atom is 0.256 e. The molecule has 2 N–H and O–H groups in total. The van der Waals surface area contributed by atoms with Crippen LogP contribution in [0.1, 0.15) is 23.2 Å². The van der Waals surface area contributed by atoms with E-state index in [9.17, 15) is 14.0 Å². The summed E-state index contributed by atoms with van der Waals surface area (Å²) in [6.45, 7) is 1.63. The van der Waals surface area contributed by atoms with Gasteiger partial charge >= 0.3 is 0 Å². The molecule has 2 aromatic carbocycles. The molecule has 2 heterocycles. The van der Waals surface area contributed by atoms with E-state index in [-0.39, 0.29) is 17.4 Å². The number of carbonyl (C=O) groups excluding carboxylic acids is 2. The van der Waals surface area contributed by atoms with E-state index in [4.69, 9.17) is 0 Å². The van der Waals surface area contributed by atoms with Crippen LogP contribution in [0.3, 0.4) is 0 Å². The molecule has 1 saturated heterocycles. The lowest BCUT2D eigenvalue weighted by atomic mass is 10.0. The first-order chi connectivity index (χ1) is 14.9. The molecular formula is C23H24FN5O2. The number of rotatable bonds is 2. The molecule has 8 heteroatoms. The average Bonchev–Trinajstić information content (AvgIpc) is 3.43. The molecule has 5 rings (SSSR count). The molecule has 0 radical (unpaired) electrons. The lowest BCUT2D eigenvalue weighted by Gasteiger charge is -2.22. The number of benzene rings is 2. The number of fused-ring (bicyclic) bond motifs is 1. The van der Waals surface area contributed by atoms with Gasteiger partial charge in [0.15, 0.2) is 0 Å². The predicted octanol–water partition coefficient (Wildman–Crippen LogP) is 2.07. The highest BCUT2D eigenvalue weighted by Crippen LogP contribution is 2.35. The van der Waals surface area contributed by atoms with E-state index in [1.807, 2.05) is 31.4 Å². The van der Waals surface area contributed by atoms with Gasteiger partial charge in [-0.05, 0) is 42.2 Å². The summed E-state index contributed by atoms with van der Waals surface area (Å²) in [5.41, 5.74) is 1.93. The Bertz CT molecular complexity index is 1180. The summed E-state index contributed by atoms with van der Waals surface area (Å²) in [4.78, 5) is 26.8. The smallest absolute Gasteiger partial charge is 0.256 e. The van der Waals surface area contributed by atoms with Gasteiger partial charge in [-0.3, -0.25) is 14.3 Å². The molecule has 2 fully saturated rings. The van der Waals surface area contributed by atoms with Crippen molar-refractivity contribution in [2.75, 3.05) is 26.2 Å². The molecule has 1 aliphatic carbocycles. The Labute approximate surface area is 179 Å². The number of hydrogen-bond donors (Lipinski definition) is 2. The minimum atomic E-state index is -0.556. The number of hydrogen-bond acceptors (Lipinski definition) is 4. The van der Waals surface area contributed by atoms with Crippen LogP contribution in [0.4, 0.5) is 4.39 Å². The summed E-state index contributed by atoms with van der Waals surface area (Å²) < 4.78 is 16.7. The monoisotopic (exact) mass is 421 g/mol. The Morgan fingerprint density at radius 3 is 2.61 bits per heavy atom. The van der Waals surface area contributed by atoms with E-state index in [0.717, 1.165) is 29.3 Å². The summed E-state index contributed by atoms with van der Waals surface area (Å²) in [6.07, 6.45) is 3.55. The van der Waals surface area contributed by atoms with Crippen molar-refractivity contribution in [1.82, 2.24) is 25.3 Å². The van der Waals surface area contributed by atoms with Gasteiger partial charge in [-0.2, -0.15) is 5.10 Å². The minimum absolute atomic E-state index is 0.0118. The van der Waals surface area contributed by atoms with Crippen molar-refractivity contribution in [2.45, 2.75) is 18.4 Å². The first-order valence-electron chi connectivity index (χ1n) is 10.5. The van der Waals surface area contributed by atoms with Crippen molar-refractivity contribution in [3.63, 3.8) is 0 Å². The van der Waals surface area contributed by atoms with Gasteiger partial charge in [0, 0.05) is 44.8 Å². The molecule has 31 heavy (non-hydrogen) atoms. The SMILES string of the molecule is Cn1cc2ccc(-c3ccc(C(=O)N4CCNC(=O)C5(CC5)NCC4)c(F)c3)cc2n1. The highest BCUT2D eigenvalue weighted by atomic mass is 19.1. The second-order valence-corrected chi connectivity index (χ2v) is 8.33. The minimum Gasteiger partial charge on any atom is -0.353 e. The molecule has 0 atom stereocenters. The van der Waals surface area contributed by atoms with Gasteiger partial charge < -0.3 is 15.5 Å². The molecule has 1 saturated carbocycles. The largest absolute Gasteiger partial charge is 0.353 e. The highest BCUT2D eigenvalue weighted by Gasteiger charge is 2.49. The second-order valence-electron chi connectivity index (χ2n) is 8.33. The number of aryl methyl sites for hydroxylation is 1. The fraction of sp³-hybridized carbons (Fsp3) is 0.348. The van der Waals surface area contributed by atoms with Gasteiger partial charge in [-0.1, -0.05) is 18.2 Å². The van der Waals surface area contributed by atoms with E-state index in [2.05, 4.69) is 15.7 Å². The molecule has 7 nitrogen and oxygen atoms in total. The van der Waals surface area contributed by atoms with E-state index >= 15 is 0 Å². The Balaban J connectivity index is 1.36. The number of amides is 2. The average molecular weight is 421 g/mol. The second kappa shape index (κ2) is 7.46. The topological polar surface area (TPSA) is 79.3 Å². The van der Waals surface area contributed by atoms with Crippen molar-refractivity contribution in [3.8, 4) is 11.1 Å². The van der Waals surface area contributed by atoms with Gasteiger partial charge in [0.1, 0.15) is 5.82 Å². The molecule has 2 aliphatic rings. The quantitative estimate of drug-likeness (QED) is 0.664. The number of halogens is 1. The van der Waals surface area contributed by atoms with Crippen LogP contribution < -0.4 is 10.6 Å². The molecule has 1 aromatic heterocycles. The summed E-state index contributed by atoms with van der Waals surface area (Å²) in [6, 6.07) is 10.5.